The van der Waals surface area contributed by atoms with Crippen LogP contribution in [0.15, 0.2) is 12.1 Å². The van der Waals surface area contributed by atoms with Gasteiger partial charge in [0.05, 0.1) is 0 Å². The third kappa shape index (κ3) is 2.11. The first kappa shape index (κ1) is 9.32. The van der Waals surface area contributed by atoms with Crippen LogP contribution >= 0.6 is 11.9 Å². The molecule has 0 amide bonds. The predicted molar refractivity (Wildman–Crippen MR) is 50.5 cm³/mol. The quantitative estimate of drug-likeness (QED) is 0.708. The number of nitrogens with zero attached hydrogens (tertiary/aromatic N) is 1. The molecule has 0 saturated heterocycles. The number of aromatic nitrogens is 1. The molecule has 0 unspecified atom stereocenters. The number of rotatable bonds is 1. The maximum absolute atomic E-state index is 9.28. The van der Waals surface area contributed by atoms with E-state index in [4.69, 9.17) is 0 Å². The van der Waals surface area contributed by atoms with Crippen LogP contribution in [-0.4, -0.2) is 18.9 Å². The van der Waals surface area contributed by atoms with Gasteiger partial charge in [-0.05, 0) is 32.7 Å². The molecular weight excluding hydrogens is 174 g/mol. The molecule has 0 bridgehead atoms. The first-order valence-electron chi connectivity index (χ1n) is 3.69. The van der Waals surface area contributed by atoms with Crippen molar-refractivity contribution in [1.29, 1.82) is 0 Å². The lowest BCUT2D eigenvalue weighted by Crippen LogP contribution is -2.10. The van der Waals surface area contributed by atoms with Gasteiger partial charge in [0.25, 0.3) is 0 Å². The Hall–Kier alpha value is -0.770. The molecule has 3 nitrogen and oxygen atoms in total. The minimum atomic E-state index is -0.0337. The van der Waals surface area contributed by atoms with E-state index < -0.39 is 0 Å². The van der Waals surface area contributed by atoms with Crippen molar-refractivity contribution in [2.24, 2.45) is 0 Å². The van der Waals surface area contributed by atoms with Gasteiger partial charge in [-0.3, -0.25) is 0 Å². The Morgan fingerprint density at radius 1 is 1.17 bits per heavy atom. The van der Waals surface area contributed by atoms with E-state index in [0.717, 1.165) is 0 Å². The predicted octanol–water partition coefficient (Wildman–Crippen LogP) is 2.19. The molecule has 2 N–H and O–H groups in total. The Bertz CT molecular complexity index is 256. The Morgan fingerprint density at radius 3 is 1.92 bits per heavy atom. The highest BCUT2D eigenvalue weighted by Gasteiger charge is 2.16. The fraction of sp³-hybridized carbons (Fsp3) is 0.500. The summed E-state index contributed by atoms with van der Waals surface area (Å²) >= 11 is 1.38. The summed E-state index contributed by atoms with van der Waals surface area (Å²) in [6, 6.07) is 2.93. The fourth-order valence-corrected chi connectivity index (χ4v) is 1.63. The molecule has 0 spiro atoms. The normalized spacial score (nSPS) is 11.9. The van der Waals surface area contributed by atoms with Crippen LogP contribution in [0, 0.1) is 0 Å². The molecule has 1 aromatic heterocycles. The first-order chi connectivity index (χ1) is 5.40. The molecule has 1 rings (SSSR count). The highest BCUT2D eigenvalue weighted by Crippen LogP contribution is 2.34. The fourth-order valence-electron chi connectivity index (χ4n) is 0.769. The molecule has 0 aromatic carbocycles. The van der Waals surface area contributed by atoms with Gasteiger partial charge in [-0.15, -0.1) is 0 Å². The Labute approximate surface area is 76.2 Å². The van der Waals surface area contributed by atoms with Crippen LogP contribution in [0.3, 0.4) is 0 Å². The van der Waals surface area contributed by atoms with Crippen molar-refractivity contribution in [2.45, 2.75) is 25.5 Å². The lowest BCUT2D eigenvalue weighted by atomic mass is 10.3. The van der Waals surface area contributed by atoms with Crippen LogP contribution in [-0.2, 0) is 0 Å². The van der Waals surface area contributed by atoms with Gasteiger partial charge in [0.15, 0.2) is 0 Å². The molecule has 12 heavy (non-hydrogen) atoms. The molecule has 68 valence electrons. The molecule has 0 fully saturated rings. The maximum Gasteiger partial charge on any atom is 0.204 e. The summed E-state index contributed by atoms with van der Waals surface area (Å²) < 4.78 is 1.37. The first-order valence-corrected chi connectivity index (χ1v) is 4.47. The largest absolute Gasteiger partial charge is 0.494 e. The Balaban J connectivity index is 2.88. The van der Waals surface area contributed by atoms with Crippen molar-refractivity contribution in [1.82, 2.24) is 3.97 Å². The molecule has 0 aliphatic carbocycles. The second-order valence-electron chi connectivity index (χ2n) is 3.55. The molecule has 0 aliphatic rings. The van der Waals surface area contributed by atoms with Gasteiger partial charge < -0.3 is 10.2 Å². The summed E-state index contributed by atoms with van der Waals surface area (Å²) in [6.45, 7) is 6.03. The average Bonchev–Trinajstić information content (AvgIpc) is 2.16. The van der Waals surface area contributed by atoms with Gasteiger partial charge in [0, 0.05) is 16.9 Å². The van der Waals surface area contributed by atoms with E-state index in [0.29, 0.717) is 0 Å². The summed E-state index contributed by atoms with van der Waals surface area (Å²) in [6.07, 6.45) is 0. The third-order valence-electron chi connectivity index (χ3n) is 1.16. The summed E-state index contributed by atoms with van der Waals surface area (Å²) in [7, 11) is 0. The van der Waals surface area contributed by atoms with Crippen LogP contribution in [0.25, 0.3) is 0 Å². The van der Waals surface area contributed by atoms with Gasteiger partial charge in [-0.2, -0.15) is 0 Å². The van der Waals surface area contributed by atoms with Gasteiger partial charge in [0.2, 0.25) is 11.8 Å². The maximum atomic E-state index is 9.28. The highest BCUT2D eigenvalue weighted by molar-refractivity contribution is 7.99. The van der Waals surface area contributed by atoms with Crippen molar-refractivity contribution in [2.75, 3.05) is 0 Å². The van der Waals surface area contributed by atoms with Crippen molar-refractivity contribution in [3.63, 3.8) is 0 Å². The van der Waals surface area contributed by atoms with E-state index in [1.807, 2.05) is 20.8 Å². The zero-order chi connectivity index (χ0) is 9.35. The molecule has 0 atom stereocenters. The van der Waals surface area contributed by atoms with E-state index in [1.165, 1.54) is 28.1 Å². The molecule has 0 saturated carbocycles. The SMILES string of the molecule is CC(C)(C)Sn1c(O)ccc1O. The monoisotopic (exact) mass is 187 g/mol. The number of aromatic hydroxyl groups is 2. The second-order valence-corrected chi connectivity index (χ2v) is 5.32. The minimum Gasteiger partial charge on any atom is -0.494 e. The molecule has 0 radical (unpaired) electrons. The standard InChI is InChI=1S/C8H13NO2S/c1-8(2,3)12-9-6(10)4-5-7(9)11/h4-5,10-11H,1-3H3. The van der Waals surface area contributed by atoms with E-state index in [-0.39, 0.29) is 16.5 Å². The molecule has 0 aliphatic heterocycles. The van der Waals surface area contributed by atoms with Crippen LogP contribution in [0.1, 0.15) is 20.8 Å². The van der Waals surface area contributed by atoms with Gasteiger partial charge >= 0.3 is 0 Å². The lowest BCUT2D eigenvalue weighted by molar-refractivity contribution is 0.415. The van der Waals surface area contributed by atoms with Crippen molar-refractivity contribution >= 4 is 11.9 Å². The van der Waals surface area contributed by atoms with E-state index in [9.17, 15) is 10.2 Å². The van der Waals surface area contributed by atoms with Gasteiger partial charge in [-0.25, -0.2) is 3.97 Å². The van der Waals surface area contributed by atoms with Crippen molar-refractivity contribution < 1.29 is 10.2 Å². The zero-order valence-electron chi connectivity index (χ0n) is 7.40. The van der Waals surface area contributed by atoms with E-state index in [2.05, 4.69) is 0 Å². The summed E-state index contributed by atoms with van der Waals surface area (Å²) in [4.78, 5) is 0. The smallest absolute Gasteiger partial charge is 0.204 e. The summed E-state index contributed by atoms with van der Waals surface area (Å²) in [5, 5.41) is 18.6. The third-order valence-corrected chi connectivity index (χ3v) is 2.27. The van der Waals surface area contributed by atoms with E-state index in [1.54, 1.807) is 0 Å². The molecule has 4 heteroatoms. The van der Waals surface area contributed by atoms with E-state index >= 15 is 0 Å². The Kier molecular flexibility index (Phi) is 2.28. The van der Waals surface area contributed by atoms with Crippen LogP contribution in [0.4, 0.5) is 0 Å². The van der Waals surface area contributed by atoms with Crippen LogP contribution in [0.5, 0.6) is 11.8 Å². The molecule has 1 aromatic rings. The topological polar surface area (TPSA) is 45.4 Å². The second kappa shape index (κ2) is 2.94. The summed E-state index contributed by atoms with van der Waals surface area (Å²) in [5.41, 5.74) is 0. The number of hydrogen-bond acceptors (Lipinski definition) is 3. The Morgan fingerprint density at radius 2 is 1.58 bits per heavy atom. The van der Waals surface area contributed by atoms with Crippen molar-refractivity contribution in [3.8, 4) is 11.8 Å². The van der Waals surface area contributed by atoms with Gasteiger partial charge in [0.1, 0.15) is 0 Å². The average molecular weight is 187 g/mol. The molecule has 1 heterocycles. The van der Waals surface area contributed by atoms with Crippen LogP contribution < -0.4 is 0 Å². The minimum absolute atomic E-state index is 0.0337. The number of hydrogen-bond donors (Lipinski definition) is 2. The van der Waals surface area contributed by atoms with Gasteiger partial charge in [-0.1, -0.05) is 0 Å². The molecular formula is C8H13NO2S. The zero-order valence-corrected chi connectivity index (χ0v) is 8.22. The summed E-state index contributed by atoms with van der Waals surface area (Å²) in [5.74, 6) is 0.153. The van der Waals surface area contributed by atoms with Crippen molar-refractivity contribution in [3.05, 3.63) is 12.1 Å². The van der Waals surface area contributed by atoms with Crippen LogP contribution in [0.2, 0.25) is 0 Å². The highest BCUT2D eigenvalue weighted by atomic mass is 32.2. The lowest BCUT2D eigenvalue weighted by Gasteiger charge is -2.18.